The monoisotopic (exact) mass is 626 g/mol. The van der Waals surface area contributed by atoms with E-state index < -0.39 is 12.3 Å². The number of aromatic hydroxyl groups is 1. The molecule has 0 bridgehead atoms. The Balaban J connectivity index is 1.35. The molecule has 0 aliphatic carbocycles. The number of carbonyl (C=O) groups is 1. The van der Waals surface area contributed by atoms with E-state index in [0.29, 0.717) is 47.7 Å². The number of hydrogen-bond donors (Lipinski definition) is 4. The van der Waals surface area contributed by atoms with Crippen LogP contribution in [0.5, 0.6) is 11.5 Å². The van der Waals surface area contributed by atoms with Gasteiger partial charge in [-0.25, -0.2) is 19.2 Å². The van der Waals surface area contributed by atoms with E-state index >= 15 is 0 Å². The van der Waals surface area contributed by atoms with Gasteiger partial charge in [0.1, 0.15) is 23.1 Å². The molecule has 0 unspecified atom stereocenters. The van der Waals surface area contributed by atoms with E-state index in [1.807, 2.05) is 24.3 Å². The van der Waals surface area contributed by atoms with E-state index in [9.17, 15) is 23.9 Å². The van der Waals surface area contributed by atoms with E-state index in [1.165, 1.54) is 37.6 Å². The summed E-state index contributed by atoms with van der Waals surface area (Å²) in [6, 6.07) is 17.9. The number of aromatic nitrogens is 2. The van der Waals surface area contributed by atoms with Gasteiger partial charge in [0.05, 0.1) is 7.11 Å². The Labute approximate surface area is 264 Å². The first-order chi connectivity index (χ1) is 22.3. The summed E-state index contributed by atoms with van der Waals surface area (Å²) in [5, 5.41) is 33.1. The van der Waals surface area contributed by atoms with Crippen LogP contribution < -0.4 is 20.4 Å². The van der Waals surface area contributed by atoms with Crippen LogP contribution in [-0.2, 0) is 11.3 Å². The normalized spacial score (nSPS) is 13.6. The van der Waals surface area contributed by atoms with Crippen molar-refractivity contribution in [1.29, 1.82) is 5.26 Å². The average Bonchev–Trinajstić information content (AvgIpc) is 3.09. The fourth-order valence-electron chi connectivity index (χ4n) is 5.42. The Kier molecular flexibility index (Phi) is 10.2. The standard InChI is InChI=1S/C34H32F2N6O4/c1-46-30-10-8-23(16-29(30)43)27-20-40-34(26(17-37)32(27)24-7-9-28(33(35)36)39-19-24)42-14-12-25(13-15-42)38-18-22-4-2-21(3-5-22)6-11-31(44)41-45/h2-11,16,19-20,25,33,38,43,45H,12-15,18H2,1H3,(H,41,44)/b11-6+. The highest BCUT2D eigenvalue weighted by atomic mass is 19.3. The summed E-state index contributed by atoms with van der Waals surface area (Å²) in [4.78, 5) is 21.9. The number of anilines is 1. The van der Waals surface area contributed by atoms with Gasteiger partial charge in [-0.3, -0.25) is 15.0 Å². The highest BCUT2D eigenvalue weighted by Crippen LogP contribution is 2.41. The first-order valence-corrected chi connectivity index (χ1v) is 14.6. The first-order valence-electron chi connectivity index (χ1n) is 14.6. The molecule has 12 heteroatoms. The molecule has 0 saturated carbocycles. The average molecular weight is 627 g/mol. The number of benzene rings is 2. The number of nitriles is 1. The van der Waals surface area contributed by atoms with Crippen molar-refractivity contribution in [2.45, 2.75) is 31.9 Å². The second-order valence-electron chi connectivity index (χ2n) is 10.7. The van der Waals surface area contributed by atoms with Crippen molar-refractivity contribution in [3.63, 3.8) is 0 Å². The minimum absolute atomic E-state index is 0.0888. The maximum atomic E-state index is 13.3. The van der Waals surface area contributed by atoms with Crippen LogP contribution in [-0.4, -0.2) is 52.4 Å². The fraction of sp³-hybridized carbons (Fsp3) is 0.235. The topological polar surface area (TPSA) is 144 Å². The molecule has 2 aromatic carbocycles. The second kappa shape index (κ2) is 14.6. The van der Waals surface area contributed by atoms with E-state index in [0.717, 1.165) is 24.0 Å². The number of hydroxylamine groups is 1. The molecule has 3 heterocycles. The van der Waals surface area contributed by atoms with Crippen LogP contribution in [0.2, 0.25) is 0 Å². The second-order valence-corrected chi connectivity index (χ2v) is 10.7. The number of alkyl halides is 2. The molecule has 46 heavy (non-hydrogen) atoms. The number of pyridine rings is 2. The summed E-state index contributed by atoms with van der Waals surface area (Å²) in [6.45, 7) is 1.93. The van der Waals surface area contributed by atoms with Crippen LogP contribution in [0.1, 0.15) is 41.7 Å². The third-order valence-electron chi connectivity index (χ3n) is 7.87. The molecule has 5 rings (SSSR count). The Morgan fingerprint density at radius 1 is 1.11 bits per heavy atom. The smallest absolute Gasteiger partial charge is 0.280 e. The fourth-order valence-corrected chi connectivity index (χ4v) is 5.42. The van der Waals surface area contributed by atoms with Gasteiger partial charge in [0, 0.05) is 60.8 Å². The van der Waals surface area contributed by atoms with Crippen LogP contribution in [0.4, 0.5) is 14.6 Å². The van der Waals surface area contributed by atoms with Gasteiger partial charge in [0.25, 0.3) is 12.3 Å². The minimum atomic E-state index is -2.73. The van der Waals surface area contributed by atoms with Crippen molar-refractivity contribution in [1.82, 2.24) is 20.8 Å². The summed E-state index contributed by atoms with van der Waals surface area (Å²) in [5.74, 6) is 0.0936. The quantitative estimate of drug-likeness (QED) is 0.100. The van der Waals surface area contributed by atoms with Gasteiger partial charge in [-0.2, -0.15) is 5.26 Å². The van der Waals surface area contributed by atoms with Crippen LogP contribution in [0.25, 0.3) is 28.3 Å². The molecule has 1 amide bonds. The first kappa shape index (κ1) is 32.0. The Morgan fingerprint density at radius 2 is 1.85 bits per heavy atom. The molecular weight excluding hydrogens is 594 g/mol. The Morgan fingerprint density at radius 3 is 2.46 bits per heavy atom. The van der Waals surface area contributed by atoms with Crippen molar-refractivity contribution < 1.29 is 28.6 Å². The zero-order valence-electron chi connectivity index (χ0n) is 25.0. The van der Waals surface area contributed by atoms with Crippen molar-refractivity contribution >= 4 is 17.8 Å². The number of methoxy groups -OCH3 is 1. The van der Waals surface area contributed by atoms with Gasteiger partial charge in [-0.15, -0.1) is 0 Å². The van der Waals surface area contributed by atoms with Gasteiger partial charge in [0.2, 0.25) is 0 Å². The lowest BCUT2D eigenvalue weighted by molar-refractivity contribution is -0.124. The van der Waals surface area contributed by atoms with Crippen molar-refractivity contribution in [3.8, 4) is 39.8 Å². The molecule has 2 aromatic heterocycles. The number of rotatable bonds is 10. The molecule has 4 N–H and O–H groups in total. The third kappa shape index (κ3) is 7.28. The van der Waals surface area contributed by atoms with E-state index in [2.05, 4.69) is 21.3 Å². The molecular formula is C34H32F2N6O4. The summed E-state index contributed by atoms with van der Waals surface area (Å²) in [7, 11) is 1.44. The number of halogens is 2. The van der Waals surface area contributed by atoms with Crippen LogP contribution >= 0.6 is 0 Å². The Hall–Kier alpha value is -5.38. The third-order valence-corrected chi connectivity index (χ3v) is 7.87. The number of nitrogens with zero attached hydrogens (tertiary/aromatic N) is 4. The number of hydrogen-bond acceptors (Lipinski definition) is 9. The number of ether oxygens (including phenoxy) is 1. The molecule has 0 radical (unpaired) electrons. The summed E-state index contributed by atoms with van der Waals surface area (Å²) in [5.41, 5.74) is 5.47. The number of nitrogens with one attached hydrogen (secondary N) is 2. The Bertz CT molecular complexity index is 1750. The summed E-state index contributed by atoms with van der Waals surface area (Å²) >= 11 is 0. The maximum Gasteiger partial charge on any atom is 0.280 e. The zero-order valence-corrected chi connectivity index (χ0v) is 25.0. The van der Waals surface area contributed by atoms with Crippen molar-refractivity contribution in [3.05, 3.63) is 95.5 Å². The lowest BCUT2D eigenvalue weighted by atomic mass is 9.92. The van der Waals surface area contributed by atoms with Crippen LogP contribution in [0.3, 0.4) is 0 Å². The van der Waals surface area contributed by atoms with E-state index in [1.54, 1.807) is 29.9 Å². The van der Waals surface area contributed by atoms with Gasteiger partial charge >= 0.3 is 0 Å². The molecule has 4 aromatic rings. The minimum Gasteiger partial charge on any atom is -0.504 e. The molecule has 10 nitrogen and oxygen atoms in total. The van der Waals surface area contributed by atoms with Gasteiger partial charge in [-0.05, 0) is 53.8 Å². The SMILES string of the molecule is COc1ccc(-c2cnc(N3CCC(NCc4ccc(/C=C/C(=O)NO)cc4)CC3)c(C#N)c2-c2ccc(C(F)F)nc2)cc1O. The lowest BCUT2D eigenvalue weighted by Gasteiger charge is -2.34. The maximum absolute atomic E-state index is 13.3. The van der Waals surface area contributed by atoms with Crippen LogP contribution in [0, 0.1) is 11.3 Å². The van der Waals surface area contributed by atoms with Gasteiger partial charge in [-0.1, -0.05) is 36.4 Å². The lowest BCUT2D eigenvalue weighted by Crippen LogP contribution is -2.42. The molecule has 236 valence electrons. The molecule has 0 atom stereocenters. The van der Waals surface area contributed by atoms with E-state index in [-0.39, 0.29) is 28.8 Å². The highest BCUT2D eigenvalue weighted by Gasteiger charge is 2.26. The molecule has 1 fully saturated rings. The summed E-state index contributed by atoms with van der Waals surface area (Å²) in [6.07, 6.45) is 4.69. The largest absolute Gasteiger partial charge is 0.504 e. The number of phenolic OH excluding ortho intramolecular Hbond substituents is 1. The zero-order chi connectivity index (χ0) is 32.6. The van der Waals surface area contributed by atoms with Crippen molar-refractivity contribution in [2.24, 2.45) is 0 Å². The van der Waals surface area contributed by atoms with Crippen LogP contribution in [0.15, 0.2) is 73.1 Å². The van der Waals surface area contributed by atoms with Crippen molar-refractivity contribution in [2.75, 3.05) is 25.1 Å². The van der Waals surface area contributed by atoms with Gasteiger partial charge in [0.15, 0.2) is 11.5 Å². The molecule has 0 spiro atoms. The number of phenols is 1. The predicted molar refractivity (Wildman–Crippen MR) is 168 cm³/mol. The summed E-state index contributed by atoms with van der Waals surface area (Å²) < 4.78 is 31.7. The molecule has 1 aliphatic heterocycles. The number of amides is 1. The van der Waals surface area contributed by atoms with E-state index in [4.69, 9.17) is 14.9 Å². The molecule has 1 saturated heterocycles. The highest BCUT2D eigenvalue weighted by molar-refractivity contribution is 5.91. The van der Waals surface area contributed by atoms with Gasteiger partial charge < -0.3 is 20.1 Å². The number of carbonyl (C=O) groups excluding carboxylic acids is 1. The molecule has 1 aliphatic rings. The number of piperidine rings is 1. The predicted octanol–water partition coefficient (Wildman–Crippen LogP) is 5.61.